The minimum atomic E-state index is -4.97. The summed E-state index contributed by atoms with van der Waals surface area (Å²) in [7, 11) is -9.92. The van der Waals surface area contributed by atoms with Crippen molar-refractivity contribution in [3.63, 3.8) is 0 Å². The van der Waals surface area contributed by atoms with Crippen LogP contribution in [0.2, 0.25) is 0 Å². The van der Waals surface area contributed by atoms with Crippen molar-refractivity contribution in [1.82, 2.24) is 0 Å². The number of phosphoric ester groups is 2. The molecule has 0 rings (SSSR count). The molecule has 4 unspecified atom stereocenters. The fraction of sp³-hybridized carbons (Fsp3) is 0.952. The molecule has 0 aromatic carbocycles. The maximum atomic E-state index is 13.1. The quantitative estimate of drug-likeness (QED) is 0.0222. The van der Waals surface area contributed by atoms with Gasteiger partial charge < -0.3 is 33.8 Å². The summed E-state index contributed by atoms with van der Waals surface area (Å²) in [5.41, 5.74) is 0. The number of carbonyl (C=O) groups is 4. The van der Waals surface area contributed by atoms with E-state index in [1.165, 1.54) is 231 Å². The number of aliphatic hydroxyl groups is 1. The van der Waals surface area contributed by atoms with Crippen molar-refractivity contribution in [1.29, 1.82) is 0 Å². The van der Waals surface area contributed by atoms with Gasteiger partial charge in [-0.3, -0.25) is 37.3 Å². The van der Waals surface area contributed by atoms with E-state index in [1.54, 1.807) is 0 Å². The molecule has 17 nitrogen and oxygen atoms in total. The Morgan fingerprint density at radius 3 is 0.689 bits per heavy atom. The van der Waals surface area contributed by atoms with Crippen LogP contribution < -0.4 is 0 Å². The molecule has 0 aliphatic heterocycles. The van der Waals surface area contributed by atoms with Gasteiger partial charge in [-0.05, 0) is 49.4 Å². The summed E-state index contributed by atoms with van der Waals surface area (Å²) in [5, 5.41) is 10.7. The lowest BCUT2D eigenvalue weighted by molar-refractivity contribution is -0.161. The first-order valence-electron chi connectivity index (χ1n) is 43.3. The second kappa shape index (κ2) is 72.9. The highest BCUT2D eigenvalue weighted by atomic mass is 31.2. The van der Waals surface area contributed by atoms with Gasteiger partial charge in [0.15, 0.2) is 12.2 Å². The average Bonchev–Trinajstić information content (AvgIpc) is 0.912. The van der Waals surface area contributed by atoms with Crippen LogP contribution in [0.25, 0.3) is 0 Å². The topological polar surface area (TPSA) is 237 Å². The molecule has 0 spiro atoms. The third-order valence-electron chi connectivity index (χ3n) is 20.3. The Balaban J connectivity index is 5.21. The summed E-state index contributed by atoms with van der Waals surface area (Å²) >= 11 is 0. The molecule has 0 aromatic rings. The van der Waals surface area contributed by atoms with Crippen LogP contribution in [0, 0.1) is 23.7 Å². The second-order valence-corrected chi connectivity index (χ2v) is 34.6. The Hall–Kier alpha value is -1.94. The van der Waals surface area contributed by atoms with Crippen molar-refractivity contribution in [3.05, 3.63) is 0 Å². The zero-order valence-electron chi connectivity index (χ0n) is 68.0. The van der Waals surface area contributed by atoms with Crippen molar-refractivity contribution in [2.24, 2.45) is 23.7 Å². The van der Waals surface area contributed by atoms with Crippen LogP contribution in [-0.4, -0.2) is 96.7 Å². The Morgan fingerprint density at radius 2 is 0.466 bits per heavy atom. The van der Waals surface area contributed by atoms with Crippen molar-refractivity contribution >= 4 is 39.5 Å². The number of phosphoric acid groups is 2. The van der Waals surface area contributed by atoms with Gasteiger partial charge in [0, 0.05) is 25.7 Å². The lowest BCUT2D eigenvalue weighted by atomic mass is 9.99. The average molecular weight is 1510 g/mol. The van der Waals surface area contributed by atoms with Gasteiger partial charge in [0.25, 0.3) is 0 Å². The highest BCUT2D eigenvalue weighted by molar-refractivity contribution is 7.47. The van der Waals surface area contributed by atoms with Crippen LogP contribution in [0.1, 0.15) is 434 Å². The highest BCUT2D eigenvalue weighted by Crippen LogP contribution is 2.45. The van der Waals surface area contributed by atoms with Crippen LogP contribution in [0.3, 0.4) is 0 Å². The zero-order valence-corrected chi connectivity index (χ0v) is 69.7. The summed E-state index contributed by atoms with van der Waals surface area (Å²) < 4.78 is 68.8. The van der Waals surface area contributed by atoms with E-state index in [-0.39, 0.29) is 25.7 Å². The molecule has 19 heteroatoms. The van der Waals surface area contributed by atoms with Crippen LogP contribution in [-0.2, 0) is 65.4 Å². The third kappa shape index (κ3) is 75.3. The molecule has 0 aliphatic carbocycles. The number of hydrogen-bond donors (Lipinski definition) is 3. The number of rotatable bonds is 81. The highest BCUT2D eigenvalue weighted by Gasteiger charge is 2.30. The monoisotopic (exact) mass is 1510 g/mol. The molecule has 0 amide bonds. The molecular weight excluding hydrogens is 1340 g/mol. The Morgan fingerprint density at radius 1 is 0.272 bits per heavy atom. The smallest absolute Gasteiger partial charge is 0.462 e. The zero-order chi connectivity index (χ0) is 76.0. The fourth-order valence-electron chi connectivity index (χ4n) is 12.9. The number of aliphatic hydroxyl groups excluding tert-OH is 1. The maximum absolute atomic E-state index is 13.1. The normalized spacial score (nSPS) is 14.5. The summed E-state index contributed by atoms with van der Waals surface area (Å²) in [4.78, 5) is 73.1. The molecule has 0 aromatic heterocycles. The molecule has 0 bridgehead atoms. The molecule has 0 saturated carbocycles. The SMILES string of the molecule is CCC(C)CCCCCCCCCCCCCCCCCCCCC(=O)O[C@H](COC(=O)CCCCCCCCCCCCCCCCCCC(C)C)COP(=O)(O)OC[C@@H](O)COP(=O)(O)OC[C@@H](COC(=O)CCCCCCCCC(C)CC)OC(=O)CCCCCCCCCCCC(C)C. The second-order valence-electron chi connectivity index (χ2n) is 31.7. The lowest BCUT2D eigenvalue weighted by Gasteiger charge is -2.21. The van der Waals surface area contributed by atoms with E-state index in [0.717, 1.165) is 120 Å². The number of hydrogen-bond acceptors (Lipinski definition) is 15. The van der Waals surface area contributed by atoms with Gasteiger partial charge in [0.05, 0.1) is 26.4 Å². The van der Waals surface area contributed by atoms with Crippen LogP contribution in [0.5, 0.6) is 0 Å². The first-order chi connectivity index (χ1) is 49.7. The number of carbonyl (C=O) groups excluding carboxylic acids is 4. The van der Waals surface area contributed by atoms with E-state index >= 15 is 0 Å². The molecule has 0 saturated heterocycles. The summed E-state index contributed by atoms with van der Waals surface area (Å²) in [6, 6.07) is 0. The van der Waals surface area contributed by atoms with E-state index < -0.39 is 97.5 Å². The molecular formula is C84H164O17P2. The number of unbranched alkanes of at least 4 members (excludes halogenated alkanes) is 45. The standard InChI is InChI=1S/C84H164O17P2/c1-9-76(7)62-54-46-38-32-26-22-18-13-11-12-14-20-24-28-34-40-50-58-66-83(88)100-79(70-94-81(86)64-56-48-39-33-27-23-19-16-15-17-21-25-30-36-44-52-60-74(3)4)72-98-102(90,91)96-68-78(85)69-97-103(92,93)99-73-80(71-95-82(87)65-57-49-43-42-47-55-63-77(8)10-2)101-84(89)67-59-51-41-35-29-31-37-45-53-61-75(5)6/h74-80,85H,9-73H2,1-8H3,(H,90,91)(H,92,93)/t76?,77?,78-,79-,80-/m1/s1. The summed E-state index contributed by atoms with van der Waals surface area (Å²) in [6.07, 6.45) is 61.2. The van der Waals surface area contributed by atoms with Crippen molar-refractivity contribution < 1.29 is 80.2 Å². The first-order valence-corrected chi connectivity index (χ1v) is 46.3. The fourth-order valence-corrected chi connectivity index (χ4v) is 14.5. The summed E-state index contributed by atoms with van der Waals surface area (Å²) in [5.74, 6) is 1.04. The minimum absolute atomic E-state index is 0.104. The molecule has 0 aliphatic rings. The first kappa shape index (κ1) is 101. The van der Waals surface area contributed by atoms with Crippen molar-refractivity contribution in [2.45, 2.75) is 453 Å². The number of esters is 4. The molecule has 0 radical (unpaired) electrons. The Kier molecular flexibility index (Phi) is 71.5. The van der Waals surface area contributed by atoms with Gasteiger partial charge in [-0.2, -0.15) is 0 Å². The van der Waals surface area contributed by atoms with Crippen LogP contribution in [0.4, 0.5) is 0 Å². The Labute approximate surface area is 632 Å². The Bertz CT molecular complexity index is 2010. The van der Waals surface area contributed by atoms with Gasteiger partial charge >= 0.3 is 39.5 Å². The van der Waals surface area contributed by atoms with Gasteiger partial charge in [-0.15, -0.1) is 0 Å². The van der Waals surface area contributed by atoms with Crippen LogP contribution >= 0.6 is 15.6 Å². The number of ether oxygens (including phenoxy) is 4. The predicted molar refractivity (Wildman–Crippen MR) is 423 cm³/mol. The van der Waals surface area contributed by atoms with E-state index in [0.29, 0.717) is 25.7 Å². The molecule has 0 heterocycles. The molecule has 3 N–H and O–H groups in total. The van der Waals surface area contributed by atoms with E-state index in [9.17, 15) is 43.2 Å². The van der Waals surface area contributed by atoms with Gasteiger partial charge in [-0.1, -0.05) is 383 Å². The van der Waals surface area contributed by atoms with E-state index in [4.69, 9.17) is 37.0 Å². The van der Waals surface area contributed by atoms with Crippen LogP contribution in [0.15, 0.2) is 0 Å². The van der Waals surface area contributed by atoms with Gasteiger partial charge in [0.1, 0.15) is 19.3 Å². The summed E-state index contributed by atoms with van der Waals surface area (Å²) in [6.45, 7) is 14.3. The maximum Gasteiger partial charge on any atom is 0.472 e. The van der Waals surface area contributed by atoms with Crippen molar-refractivity contribution in [2.75, 3.05) is 39.6 Å². The molecule has 0 fully saturated rings. The largest absolute Gasteiger partial charge is 0.472 e. The lowest BCUT2D eigenvalue weighted by Crippen LogP contribution is -2.30. The molecule has 612 valence electrons. The van der Waals surface area contributed by atoms with E-state index in [2.05, 4.69) is 55.4 Å². The minimum Gasteiger partial charge on any atom is -0.462 e. The van der Waals surface area contributed by atoms with Gasteiger partial charge in [-0.25, -0.2) is 9.13 Å². The molecule has 7 atom stereocenters. The predicted octanol–water partition coefficient (Wildman–Crippen LogP) is 25.2. The van der Waals surface area contributed by atoms with Crippen molar-refractivity contribution in [3.8, 4) is 0 Å². The van der Waals surface area contributed by atoms with Gasteiger partial charge in [0.2, 0.25) is 0 Å². The molecule has 103 heavy (non-hydrogen) atoms. The van der Waals surface area contributed by atoms with E-state index in [1.807, 2.05) is 0 Å². The third-order valence-corrected chi connectivity index (χ3v) is 22.2.